The molecule has 0 bridgehead atoms. The third-order valence-electron chi connectivity index (χ3n) is 2.31. The number of anilines is 1. The van der Waals surface area contributed by atoms with Crippen LogP contribution in [0.2, 0.25) is 0 Å². The van der Waals surface area contributed by atoms with Gasteiger partial charge in [-0.2, -0.15) is 5.10 Å². The standard InChI is InChI=1S/C9H16N4O/c1-14-3-2-13-7-9(6-11-13)12-8-4-10-5-8/h6-8,10,12H,2-5H2,1H3. The molecule has 0 radical (unpaired) electrons. The Morgan fingerprint density at radius 2 is 2.57 bits per heavy atom. The minimum absolute atomic E-state index is 0.565. The van der Waals surface area contributed by atoms with Gasteiger partial charge in [0, 0.05) is 26.4 Å². The van der Waals surface area contributed by atoms with Gasteiger partial charge in [-0.25, -0.2) is 0 Å². The van der Waals surface area contributed by atoms with E-state index in [-0.39, 0.29) is 0 Å². The van der Waals surface area contributed by atoms with E-state index in [0.717, 1.165) is 25.3 Å². The number of ether oxygens (including phenoxy) is 1. The van der Waals surface area contributed by atoms with Crippen LogP contribution < -0.4 is 10.6 Å². The Hall–Kier alpha value is -1.07. The number of hydrogen-bond donors (Lipinski definition) is 2. The van der Waals surface area contributed by atoms with E-state index in [2.05, 4.69) is 15.7 Å². The molecule has 1 aromatic heterocycles. The molecule has 0 atom stereocenters. The zero-order valence-electron chi connectivity index (χ0n) is 8.36. The molecule has 14 heavy (non-hydrogen) atoms. The Kier molecular flexibility index (Phi) is 3.00. The number of rotatable bonds is 5. The quantitative estimate of drug-likeness (QED) is 0.691. The SMILES string of the molecule is COCCn1cc(NC2CNC2)cn1. The summed E-state index contributed by atoms with van der Waals surface area (Å²) < 4.78 is 6.86. The van der Waals surface area contributed by atoms with Crippen LogP contribution in [-0.4, -0.2) is 42.6 Å². The van der Waals surface area contributed by atoms with Crippen LogP contribution in [-0.2, 0) is 11.3 Å². The summed E-state index contributed by atoms with van der Waals surface area (Å²) in [5.41, 5.74) is 1.09. The molecule has 5 nitrogen and oxygen atoms in total. The van der Waals surface area contributed by atoms with Crippen molar-refractivity contribution in [1.82, 2.24) is 15.1 Å². The van der Waals surface area contributed by atoms with E-state index in [4.69, 9.17) is 4.74 Å². The molecule has 1 saturated heterocycles. The third-order valence-corrected chi connectivity index (χ3v) is 2.31. The lowest BCUT2D eigenvalue weighted by molar-refractivity contribution is 0.183. The molecule has 1 aromatic rings. The summed E-state index contributed by atoms with van der Waals surface area (Å²) in [6.07, 6.45) is 3.87. The van der Waals surface area contributed by atoms with Crippen molar-refractivity contribution in [3.8, 4) is 0 Å². The number of nitrogens with zero attached hydrogens (tertiary/aromatic N) is 2. The van der Waals surface area contributed by atoms with Crippen LogP contribution in [0.1, 0.15) is 0 Å². The molecule has 1 aliphatic heterocycles. The van der Waals surface area contributed by atoms with Crippen LogP contribution >= 0.6 is 0 Å². The van der Waals surface area contributed by atoms with Gasteiger partial charge in [-0.3, -0.25) is 4.68 Å². The minimum atomic E-state index is 0.565. The van der Waals surface area contributed by atoms with Crippen LogP contribution in [0.25, 0.3) is 0 Å². The maximum atomic E-state index is 4.98. The summed E-state index contributed by atoms with van der Waals surface area (Å²) in [6.45, 7) is 3.60. The average molecular weight is 196 g/mol. The molecular formula is C9H16N4O. The summed E-state index contributed by atoms with van der Waals surface area (Å²) in [5.74, 6) is 0. The molecule has 2 rings (SSSR count). The van der Waals surface area contributed by atoms with Crippen LogP contribution in [0.15, 0.2) is 12.4 Å². The van der Waals surface area contributed by atoms with E-state index in [9.17, 15) is 0 Å². The predicted molar refractivity (Wildman–Crippen MR) is 54.4 cm³/mol. The smallest absolute Gasteiger partial charge is 0.0729 e. The molecule has 0 aliphatic carbocycles. The first-order valence-corrected chi connectivity index (χ1v) is 4.87. The van der Waals surface area contributed by atoms with Gasteiger partial charge in [-0.15, -0.1) is 0 Å². The molecular weight excluding hydrogens is 180 g/mol. The van der Waals surface area contributed by atoms with Crippen LogP contribution in [0.3, 0.4) is 0 Å². The minimum Gasteiger partial charge on any atom is -0.383 e. The number of methoxy groups -OCH3 is 1. The highest BCUT2D eigenvalue weighted by molar-refractivity contribution is 5.40. The van der Waals surface area contributed by atoms with Crippen molar-refractivity contribution in [3.63, 3.8) is 0 Å². The molecule has 0 unspecified atom stereocenters. The Bertz CT molecular complexity index is 282. The second kappa shape index (κ2) is 4.43. The number of hydrogen-bond acceptors (Lipinski definition) is 4. The number of nitrogens with one attached hydrogen (secondary N) is 2. The normalized spacial score (nSPS) is 16.6. The highest BCUT2D eigenvalue weighted by atomic mass is 16.5. The van der Waals surface area contributed by atoms with Crippen LogP contribution in [0.4, 0.5) is 5.69 Å². The van der Waals surface area contributed by atoms with Crippen LogP contribution in [0.5, 0.6) is 0 Å². The van der Waals surface area contributed by atoms with Gasteiger partial charge in [0.05, 0.1) is 31.1 Å². The zero-order chi connectivity index (χ0) is 9.80. The molecule has 1 aliphatic rings. The summed E-state index contributed by atoms with van der Waals surface area (Å²) in [7, 11) is 1.70. The van der Waals surface area contributed by atoms with Crippen molar-refractivity contribution < 1.29 is 4.74 Å². The van der Waals surface area contributed by atoms with Crippen LogP contribution in [0, 0.1) is 0 Å². The second-order valence-corrected chi connectivity index (χ2v) is 3.48. The van der Waals surface area contributed by atoms with Gasteiger partial charge in [0.2, 0.25) is 0 Å². The maximum absolute atomic E-state index is 4.98. The van der Waals surface area contributed by atoms with E-state index in [1.807, 2.05) is 17.1 Å². The molecule has 78 valence electrons. The van der Waals surface area contributed by atoms with E-state index in [1.165, 1.54) is 0 Å². The second-order valence-electron chi connectivity index (χ2n) is 3.48. The summed E-state index contributed by atoms with van der Waals surface area (Å²) in [5, 5.41) is 10.8. The summed E-state index contributed by atoms with van der Waals surface area (Å²) in [4.78, 5) is 0. The largest absolute Gasteiger partial charge is 0.383 e. The Morgan fingerprint density at radius 3 is 3.21 bits per heavy atom. The Balaban J connectivity index is 1.82. The van der Waals surface area contributed by atoms with Crippen molar-refractivity contribution in [2.75, 3.05) is 32.1 Å². The predicted octanol–water partition coefficient (Wildman–Crippen LogP) is -0.0868. The molecule has 0 aromatic carbocycles. The average Bonchev–Trinajstić information content (AvgIpc) is 2.56. The highest BCUT2D eigenvalue weighted by Crippen LogP contribution is 2.08. The lowest BCUT2D eigenvalue weighted by Gasteiger charge is -2.28. The lowest BCUT2D eigenvalue weighted by Crippen LogP contribution is -2.51. The first kappa shape index (κ1) is 9.48. The monoisotopic (exact) mass is 196 g/mol. The molecule has 0 amide bonds. The fourth-order valence-corrected chi connectivity index (χ4v) is 1.37. The van der Waals surface area contributed by atoms with Crippen molar-refractivity contribution in [2.24, 2.45) is 0 Å². The lowest BCUT2D eigenvalue weighted by atomic mass is 10.2. The number of aromatic nitrogens is 2. The van der Waals surface area contributed by atoms with Crippen molar-refractivity contribution >= 4 is 5.69 Å². The van der Waals surface area contributed by atoms with Crippen molar-refractivity contribution in [1.29, 1.82) is 0 Å². The zero-order valence-corrected chi connectivity index (χ0v) is 8.36. The molecule has 0 saturated carbocycles. The molecule has 2 heterocycles. The fraction of sp³-hybridized carbons (Fsp3) is 0.667. The van der Waals surface area contributed by atoms with Gasteiger partial charge in [0.1, 0.15) is 0 Å². The molecule has 5 heteroatoms. The van der Waals surface area contributed by atoms with Crippen molar-refractivity contribution in [3.05, 3.63) is 12.4 Å². The van der Waals surface area contributed by atoms with E-state index in [0.29, 0.717) is 12.6 Å². The van der Waals surface area contributed by atoms with Crippen molar-refractivity contribution in [2.45, 2.75) is 12.6 Å². The van der Waals surface area contributed by atoms with E-state index in [1.54, 1.807) is 7.11 Å². The van der Waals surface area contributed by atoms with Gasteiger partial charge in [-0.05, 0) is 0 Å². The van der Waals surface area contributed by atoms with E-state index < -0.39 is 0 Å². The fourth-order valence-electron chi connectivity index (χ4n) is 1.37. The highest BCUT2D eigenvalue weighted by Gasteiger charge is 2.16. The van der Waals surface area contributed by atoms with Gasteiger partial charge in [0.15, 0.2) is 0 Å². The summed E-state index contributed by atoms with van der Waals surface area (Å²) in [6, 6.07) is 0.565. The Labute approximate surface area is 83.4 Å². The third kappa shape index (κ3) is 2.24. The van der Waals surface area contributed by atoms with Gasteiger partial charge in [-0.1, -0.05) is 0 Å². The molecule has 1 fully saturated rings. The van der Waals surface area contributed by atoms with Gasteiger partial charge in [0.25, 0.3) is 0 Å². The van der Waals surface area contributed by atoms with Gasteiger partial charge < -0.3 is 15.4 Å². The van der Waals surface area contributed by atoms with E-state index >= 15 is 0 Å². The molecule has 0 spiro atoms. The first-order chi connectivity index (χ1) is 6.88. The summed E-state index contributed by atoms with van der Waals surface area (Å²) >= 11 is 0. The maximum Gasteiger partial charge on any atom is 0.0729 e. The molecule has 2 N–H and O–H groups in total. The van der Waals surface area contributed by atoms with Gasteiger partial charge >= 0.3 is 0 Å². The Morgan fingerprint density at radius 1 is 1.71 bits per heavy atom. The topological polar surface area (TPSA) is 51.1 Å². The first-order valence-electron chi connectivity index (χ1n) is 4.87.